The number of rotatable bonds is 3. The van der Waals surface area contributed by atoms with Gasteiger partial charge in [0.1, 0.15) is 0 Å². The summed E-state index contributed by atoms with van der Waals surface area (Å²) in [5, 5.41) is 0. The van der Waals surface area contributed by atoms with Crippen LogP contribution in [0, 0.1) is 12.3 Å². The standard InChI is InChI=1S/C14H19NOS/c1-5-14(3,4)13(16)15-9-8-11(15)12-7-6-10(2)17-12/h5-7,11H,1,8-9H2,2-4H3. The predicted octanol–water partition coefficient (Wildman–Crippen LogP) is 3.54. The van der Waals surface area contributed by atoms with Crippen LogP contribution in [0.2, 0.25) is 0 Å². The lowest BCUT2D eigenvalue weighted by Crippen LogP contribution is -2.49. The van der Waals surface area contributed by atoms with Gasteiger partial charge in [0.05, 0.1) is 11.5 Å². The molecule has 1 atom stereocenters. The van der Waals surface area contributed by atoms with Crippen molar-refractivity contribution in [1.82, 2.24) is 4.90 Å². The Labute approximate surface area is 107 Å². The van der Waals surface area contributed by atoms with E-state index >= 15 is 0 Å². The summed E-state index contributed by atoms with van der Waals surface area (Å²) in [5.74, 6) is 0.190. The van der Waals surface area contributed by atoms with Gasteiger partial charge < -0.3 is 4.90 Å². The Morgan fingerprint density at radius 3 is 2.71 bits per heavy atom. The summed E-state index contributed by atoms with van der Waals surface area (Å²) in [6, 6.07) is 4.56. The molecule has 1 aromatic rings. The van der Waals surface area contributed by atoms with E-state index in [9.17, 15) is 4.79 Å². The van der Waals surface area contributed by atoms with Gasteiger partial charge in [-0.3, -0.25) is 4.79 Å². The Kier molecular flexibility index (Phi) is 3.13. The van der Waals surface area contributed by atoms with Gasteiger partial charge in [0.15, 0.2) is 0 Å². The zero-order valence-corrected chi connectivity index (χ0v) is 11.5. The number of amides is 1. The normalized spacial score (nSPS) is 19.9. The third-order valence-electron chi connectivity index (χ3n) is 3.43. The van der Waals surface area contributed by atoms with E-state index in [1.54, 1.807) is 17.4 Å². The van der Waals surface area contributed by atoms with Crippen LogP contribution in [-0.4, -0.2) is 17.4 Å². The van der Waals surface area contributed by atoms with Gasteiger partial charge in [-0.15, -0.1) is 17.9 Å². The highest BCUT2D eigenvalue weighted by molar-refractivity contribution is 7.12. The first-order valence-corrected chi connectivity index (χ1v) is 6.78. The van der Waals surface area contributed by atoms with Crippen LogP contribution in [0.5, 0.6) is 0 Å². The molecular formula is C14H19NOS. The Balaban J connectivity index is 2.14. The summed E-state index contributed by atoms with van der Waals surface area (Å²) < 4.78 is 0. The number of nitrogens with zero attached hydrogens (tertiary/aromatic N) is 1. The summed E-state index contributed by atoms with van der Waals surface area (Å²) in [5.41, 5.74) is -0.453. The van der Waals surface area contributed by atoms with Crippen molar-refractivity contribution in [2.24, 2.45) is 5.41 Å². The second-order valence-electron chi connectivity index (χ2n) is 5.18. The molecule has 0 aromatic carbocycles. The fourth-order valence-corrected chi connectivity index (χ4v) is 3.04. The molecule has 0 N–H and O–H groups in total. The van der Waals surface area contributed by atoms with Crippen molar-refractivity contribution in [3.8, 4) is 0 Å². The topological polar surface area (TPSA) is 20.3 Å². The molecule has 92 valence electrons. The summed E-state index contributed by atoms with van der Waals surface area (Å²) in [7, 11) is 0. The van der Waals surface area contributed by atoms with Gasteiger partial charge in [0, 0.05) is 16.3 Å². The lowest BCUT2D eigenvalue weighted by molar-refractivity contribution is -0.146. The number of carbonyl (C=O) groups excluding carboxylic acids is 1. The monoisotopic (exact) mass is 249 g/mol. The molecule has 1 aliphatic rings. The molecule has 1 amide bonds. The largest absolute Gasteiger partial charge is 0.334 e. The number of thiophene rings is 1. The van der Waals surface area contributed by atoms with E-state index in [0.29, 0.717) is 6.04 Å². The number of carbonyl (C=O) groups is 1. The van der Waals surface area contributed by atoms with Crippen LogP contribution in [0.15, 0.2) is 24.8 Å². The first-order valence-electron chi connectivity index (χ1n) is 5.96. The quantitative estimate of drug-likeness (QED) is 0.750. The first kappa shape index (κ1) is 12.4. The van der Waals surface area contributed by atoms with Gasteiger partial charge in [-0.2, -0.15) is 0 Å². The molecule has 1 aliphatic heterocycles. The third kappa shape index (κ3) is 2.16. The summed E-state index contributed by atoms with van der Waals surface area (Å²) in [4.78, 5) is 16.9. The average Bonchev–Trinajstić information content (AvgIpc) is 2.63. The minimum absolute atomic E-state index is 0.190. The van der Waals surface area contributed by atoms with Crippen molar-refractivity contribution in [3.63, 3.8) is 0 Å². The molecule has 0 radical (unpaired) electrons. The lowest BCUT2D eigenvalue weighted by Gasteiger charge is -2.43. The van der Waals surface area contributed by atoms with Gasteiger partial charge >= 0.3 is 0 Å². The molecule has 2 nitrogen and oxygen atoms in total. The maximum Gasteiger partial charge on any atom is 0.232 e. The molecule has 0 saturated carbocycles. The van der Waals surface area contributed by atoms with Crippen molar-refractivity contribution in [2.45, 2.75) is 33.2 Å². The highest BCUT2D eigenvalue weighted by atomic mass is 32.1. The van der Waals surface area contributed by atoms with Crippen LogP contribution >= 0.6 is 11.3 Å². The van der Waals surface area contributed by atoms with E-state index in [4.69, 9.17) is 0 Å². The van der Waals surface area contributed by atoms with E-state index in [1.165, 1.54) is 9.75 Å². The SMILES string of the molecule is C=CC(C)(C)C(=O)N1CCC1c1ccc(C)s1. The lowest BCUT2D eigenvalue weighted by atomic mass is 9.88. The van der Waals surface area contributed by atoms with Gasteiger partial charge in [0.2, 0.25) is 5.91 Å². The molecule has 0 bridgehead atoms. The van der Waals surface area contributed by atoms with Crippen molar-refractivity contribution in [3.05, 3.63) is 34.5 Å². The second-order valence-corrected chi connectivity index (χ2v) is 6.50. The molecule has 17 heavy (non-hydrogen) atoms. The zero-order valence-electron chi connectivity index (χ0n) is 10.7. The van der Waals surface area contributed by atoms with Gasteiger partial charge in [0.25, 0.3) is 0 Å². The third-order valence-corrected chi connectivity index (χ3v) is 4.53. The molecule has 1 unspecified atom stereocenters. The minimum Gasteiger partial charge on any atom is -0.334 e. The molecule has 3 heteroatoms. The number of hydrogen-bond donors (Lipinski definition) is 0. The maximum absolute atomic E-state index is 12.3. The van der Waals surface area contributed by atoms with Crippen LogP contribution < -0.4 is 0 Å². The average molecular weight is 249 g/mol. The Morgan fingerprint density at radius 1 is 1.59 bits per heavy atom. The van der Waals surface area contributed by atoms with Gasteiger partial charge in [-0.05, 0) is 39.3 Å². The number of aryl methyl sites for hydroxylation is 1. The summed E-state index contributed by atoms with van der Waals surface area (Å²) in [6.07, 6.45) is 2.82. The molecule has 1 fully saturated rings. The molecular weight excluding hydrogens is 230 g/mol. The van der Waals surface area contributed by atoms with E-state index in [-0.39, 0.29) is 5.91 Å². The zero-order chi connectivity index (χ0) is 12.6. The predicted molar refractivity (Wildman–Crippen MR) is 72.1 cm³/mol. The van der Waals surface area contributed by atoms with Crippen LogP contribution in [0.25, 0.3) is 0 Å². The molecule has 2 heterocycles. The molecule has 0 spiro atoms. The van der Waals surface area contributed by atoms with E-state index < -0.39 is 5.41 Å². The summed E-state index contributed by atoms with van der Waals surface area (Å²) in [6.45, 7) is 10.6. The van der Waals surface area contributed by atoms with E-state index in [2.05, 4.69) is 25.6 Å². The smallest absolute Gasteiger partial charge is 0.232 e. The number of hydrogen-bond acceptors (Lipinski definition) is 2. The van der Waals surface area contributed by atoms with E-state index in [1.807, 2.05) is 18.7 Å². The number of likely N-dealkylation sites (tertiary alicyclic amines) is 1. The van der Waals surface area contributed by atoms with Gasteiger partial charge in [-0.25, -0.2) is 0 Å². The fraction of sp³-hybridized carbons (Fsp3) is 0.500. The van der Waals surface area contributed by atoms with E-state index in [0.717, 1.165) is 13.0 Å². The van der Waals surface area contributed by atoms with Crippen LogP contribution in [0.4, 0.5) is 0 Å². The van der Waals surface area contributed by atoms with Crippen molar-refractivity contribution in [1.29, 1.82) is 0 Å². The van der Waals surface area contributed by atoms with Crippen LogP contribution in [-0.2, 0) is 4.79 Å². The fourth-order valence-electron chi connectivity index (χ4n) is 2.02. The maximum atomic E-state index is 12.3. The summed E-state index contributed by atoms with van der Waals surface area (Å²) >= 11 is 1.79. The molecule has 1 aromatic heterocycles. The van der Waals surface area contributed by atoms with Gasteiger partial charge in [-0.1, -0.05) is 6.08 Å². The van der Waals surface area contributed by atoms with Crippen LogP contribution in [0.1, 0.15) is 36.1 Å². The Hall–Kier alpha value is -1.09. The molecule has 0 aliphatic carbocycles. The highest BCUT2D eigenvalue weighted by Gasteiger charge is 2.39. The van der Waals surface area contributed by atoms with Crippen molar-refractivity contribution in [2.75, 3.05) is 6.54 Å². The Bertz CT molecular complexity index is 447. The molecule has 2 rings (SSSR count). The van der Waals surface area contributed by atoms with Crippen molar-refractivity contribution >= 4 is 17.2 Å². The van der Waals surface area contributed by atoms with Crippen LogP contribution in [0.3, 0.4) is 0 Å². The van der Waals surface area contributed by atoms with Crippen molar-refractivity contribution < 1.29 is 4.79 Å². The minimum atomic E-state index is -0.453. The Morgan fingerprint density at radius 2 is 2.29 bits per heavy atom. The first-order chi connectivity index (χ1) is 7.95. The second kappa shape index (κ2) is 4.30. The molecule has 1 saturated heterocycles. The highest BCUT2D eigenvalue weighted by Crippen LogP contribution is 2.39.